The van der Waals surface area contributed by atoms with Crippen LogP contribution in [0.5, 0.6) is 0 Å². The van der Waals surface area contributed by atoms with Crippen molar-refractivity contribution < 1.29 is 19.4 Å². The maximum absolute atomic E-state index is 11.8. The fraction of sp³-hybridized carbons (Fsp3) is 0.312. The predicted octanol–water partition coefficient (Wildman–Crippen LogP) is 1.49. The van der Waals surface area contributed by atoms with Crippen molar-refractivity contribution in [3.05, 3.63) is 52.0 Å². The summed E-state index contributed by atoms with van der Waals surface area (Å²) in [5, 5.41) is 13.9. The van der Waals surface area contributed by atoms with Crippen LogP contribution in [-0.4, -0.2) is 41.7 Å². The van der Waals surface area contributed by atoms with Gasteiger partial charge in [0.05, 0.1) is 23.7 Å². The molecular formula is C16H18N2O4S. The highest BCUT2D eigenvalue weighted by atomic mass is 32.1. The second-order valence-corrected chi connectivity index (χ2v) is 5.81. The molecule has 0 aliphatic heterocycles. The summed E-state index contributed by atoms with van der Waals surface area (Å²) in [6.45, 7) is 0.103. The second kappa shape index (κ2) is 9.02. The highest BCUT2D eigenvalue weighted by Gasteiger charge is 2.08. The molecule has 1 aromatic carbocycles. The van der Waals surface area contributed by atoms with Crippen LogP contribution in [0.15, 0.2) is 35.7 Å². The minimum absolute atomic E-state index is 0.152. The van der Waals surface area contributed by atoms with Gasteiger partial charge in [-0.1, -0.05) is 30.3 Å². The van der Waals surface area contributed by atoms with Crippen molar-refractivity contribution in [3.63, 3.8) is 0 Å². The molecule has 2 aromatic rings. The first-order valence-corrected chi connectivity index (χ1v) is 8.05. The molecule has 0 spiro atoms. The highest BCUT2D eigenvalue weighted by molar-refractivity contribution is 7.09. The summed E-state index contributed by atoms with van der Waals surface area (Å²) in [6.07, 6.45) is 0.973. The summed E-state index contributed by atoms with van der Waals surface area (Å²) in [4.78, 5) is 26.5. The first-order chi connectivity index (χ1) is 11.1. The van der Waals surface area contributed by atoms with Gasteiger partial charge in [-0.3, -0.25) is 4.79 Å². The number of thiazole rings is 1. The van der Waals surface area contributed by atoms with Gasteiger partial charge in [0.25, 0.3) is 0 Å². The van der Waals surface area contributed by atoms with Gasteiger partial charge in [-0.15, -0.1) is 11.3 Å². The van der Waals surface area contributed by atoms with E-state index in [0.29, 0.717) is 0 Å². The number of hydrogen-bond donors (Lipinski definition) is 2. The van der Waals surface area contributed by atoms with Gasteiger partial charge in [0.1, 0.15) is 6.61 Å². The van der Waals surface area contributed by atoms with Gasteiger partial charge < -0.3 is 15.2 Å². The van der Waals surface area contributed by atoms with Crippen molar-refractivity contribution in [2.24, 2.45) is 0 Å². The predicted molar refractivity (Wildman–Crippen MR) is 86.5 cm³/mol. The molecule has 7 heteroatoms. The summed E-state index contributed by atoms with van der Waals surface area (Å²) >= 11 is 1.54. The average Bonchev–Trinajstić information content (AvgIpc) is 2.94. The normalized spacial score (nSPS) is 10.4. The third-order valence-electron chi connectivity index (χ3n) is 2.93. The Morgan fingerprint density at radius 1 is 1.26 bits per heavy atom. The Hall–Kier alpha value is -2.25. The standard InChI is InChI=1S/C16H18N2O4S/c19-14(17-6-7-22-10-16(20)21)9-13-11-23-15(18-13)8-12-4-2-1-3-5-12/h1-5,11H,6-10H2,(H,17,19)(H,20,21). The Morgan fingerprint density at radius 2 is 2.04 bits per heavy atom. The van der Waals surface area contributed by atoms with Crippen LogP contribution >= 0.6 is 11.3 Å². The van der Waals surface area contributed by atoms with E-state index in [-0.39, 0.29) is 32.1 Å². The van der Waals surface area contributed by atoms with Crippen molar-refractivity contribution in [1.82, 2.24) is 10.3 Å². The van der Waals surface area contributed by atoms with Gasteiger partial charge in [0.2, 0.25) is 5.91 Å². The van der Waals surface area contributed by atoms with Crippen LogP contribution in [0.25, 0.3) is 0 Å². The fourth-order valence-electron chi connectivity index (χ4n) is 1.93. The smallest absolute Gasteiger partial charge is 0.329 e. The van der Waals surface area contributed by atoms with Gasteiger partial charge in [0, 0.05) is 18.3 Å². The number of ether oxygens (including phenoxy) is 1. The molecule has 1 amide bonds. The maximum Gasteiger partial charge on any atom is 0.329 e. The zero-order chi connectivity index (χ0) is 16.5. The molecule has 2 rings (SSSR count). The van der Waals surface area contributed by atoms with Crippen LogP contribution in [0.2, 0.25) is 0 Å². The lowest BCUT2D eigenvalue weighted by molar-refractivity contribution is -0.142. The van der Waals surface area contributed by atoms with Gasteiger partial charge in [-0.2, -0.15) is 0 Å². The number of benzene rings is 1. The molecule has 6 nitrogen and oxygen atoms in total. The number of aromatic nitrogens is 1. The van der Waals surface area contributed by atoms with Crippen molar-refractivity contribution in [2.75, 3.05) is 19.8 Å². The molecule has 0 saturated heterocycles. The van der Waals surface area contributed by atoms with Gasteiger partial charge in [-0.05, 0) is 5.56 Å². The number of hydrogen-bond acceptors (Lipinski definition) is 5. The zero-order valence-corrected chi connectivity index (χ0v) is 13.3. The molecule has 0 aliphatic rings. The number of nitrogens with zero attached hydrogens (tertiary/aromatic N) is 1. The van der Waals surface area contributed by atoms with Crippen LogP contribution in [0.1, 0.15) is 16.3 Å². The van der Waals surface area contributed by atoms with E-state index in [4.69, 9.17) is 9.84 Å². The third kappa shape index (κ3) is 6.58. The Labute approximate surface area is 138 Å². The summed E-state index contributed by atoms with van der Waals surface area (Å²) in [5.74, 6) is -1.18. The molecule has 1 heterocycles. The number of rotatable bonds is 9. The van der Waals surface area contributed by atoms with Gasteiger partial charge in [0.15, 0.2) is 0 Å². The Kier molecular flexibility index (Phi) is 6.71. The number of carbonyl (C=O) groups is 2. The van der Waals surface area contributed by atoms with Gasteiger partial charge >= 0.3 is 5.97 Å². The molecule has 0 radical (unpaired) electrons. The second-order valence-electron chi connectivity index (χ2n) is 4.87. The van der Waals surface area contributed by atoms with E-state index in [2.05, 4.69) is 10.3 Å². The van der Waals surface area contributed by atoms with Crippen molar-refractivity contribution in [3.8, 4) is 0 Å². The topological polar surface area (TPSA) is 88.5 Å². The lowest BCUT2D eigenvalue weighted by atomic mass is 10.2. The molecule has 122 valence electrons. The molecule has 1 aromatic heterocycles. The van der Waals surface area contributed by atoms with Crippen molar-refractivity contribution in [1.29, 1.82) is 0 Å². The lowest BCUT2D eigenvalue weighted by Gasteiger charge is -2.04. The number of amides is 1. The van der Waals surface area contributed by atoms with Crippen LogP contribution in [-0.2, 0) is 27.2 Å². The van der Waals surface area contributed by atoms with E-state index >= 15 is 0 Å². The minimum Gasteiger partial charge on any atom is -0.480 e. The minimum atomic E-state index is -1.02. The summed E-state index contributed by atoms with van der Waals surface area (Å²) < 4.78 is 4.84. The van der Waals surface area contributed by atoms with Crippen molar-refractivity contribution in [2.45, 2.75) is 12.8 Å². The number of carbonyl (C=O) groups excluding carboxylic acids is 1. The quantitative estimate of drug-likeness (QED) is 0.678. The summed E-state index contributed by atoms with van der Waals surface area (Å²) in [5.41, 5.74) is 1.93. The fourth-order valence-corrected chi connectivity index (χ4v) is 2.76. The number of carboxylic acids is 1. The SMILES string of the molecule is O=C(O)COCCNC(=O)Cc1csc(Cc2ccccc2)n1. The van der Waals surface area contributed by atoms with E-state index in [9.17, 15) is 9.59 Å². The lowest BCUT2D eigenvalue weighted by Crippen LogP contribution is -2.29. The van der Waals surface area contributed by atoms with Gasteiger partial charge in [-0.25, -0.2) is 9.78 Å². The average molecular weight is 334 g/mol. The first-order valence-electron chi connectivity index (χ1n) is 7.17. The largest absolute Gasteiger partial charge is 0.480 e. The molecule has 0 bridgehead atoms. The molecule has 0 unspecified atom stereocenters. The van der Waals surface area contributed by atoms with E-state index < -0.39 is 5.97 Å². The summed E-state index contributed by atoms with van der Waals surface area (Å²) in [7, 11) is 0. The molecule has 2 N–H and O–H groups in total. The van der Waals surface area contributed by atoms with E-state index in [0.717, 1.165) is 17.1 Å². The zero-order valence-electron chi connectivity index (χ0n) is 12.5. The number of nitrogens with one attached hydrogen (secondary N) is 1. The number of aliphatic carboxylic acids is 1. The molecule has 23 heavy (non-hydrogen) atoms. The molecule has 0 fully saturated rings. The van der Waals surface area contributed by atoms with Crippen LogP contribution in [0.4, 0.5) is 0 Å². The molecule has 0 saturated carbocycles. The molecular weight excluding hydrogens is 316 g/mol. The summed E-state index contributed by atoms with van der Waals surface area (Å²) in [6, 6.07) is 10.0. The monoisotopic (exact) mass is 334 g/mol. The Bertz CT molecular complexity index is 643. The van der Waals surface area contributed by atoms with E-state index in [1.165, 1.54) is 5.56 Å². The first kappa shape index (κ1) is 17.1. The molecule has 0 atom stereocenters. The highest BCUT2D eigenvalue weighted by Crippen LogP contribution is 2.15. The van der Waals surface area contributed by atoms with Crippen LogP contribution < -0.4 is 5.32 Å². The van der Waals surface area contributed by atoms with E-state index in [1.807, 2.05) is 35.7 Å². The Morgan fingerprint density at radius 3 is 2.78 bits per heavy atom. The Balaban J connectivity index is 1.71. The van der Waals surface area contributed by atoms with Crippen LogP contribution in [0.3, 0.4) is 0 Å². The van der Waals surface area contributed by atoms with Crippen molar-refractivity contribution >= 4 is 23.2 Å². The molecule has 0 aliphatic carbocycles. The maximum atomic E-state index is 11.8. The van der Waals surface area contributed by atoms with E-state index in [1.54, 1.807) is 11.3 Å². The van der Waals surface area contributed by atoms with Crippen LogP contribution in [0, 0.1) is 0 Å². The third-order valence-corrected chi connectivity index (χ3v) is 3.83. The number of carboxylic acid groups (broad SMARTS) is 1.